The van der Waals surface area contributed by atoms with E-state index < -0.39 is 72.2 Å². The number of nitrogens with one attached hydrogen (secondary N) is 3. The van der Waals surface area contributed by atoms with Gasteiger partial charge in [-0.05, 0) is 55.5 Å². The lowest BCUT2D eigenvalue weighted by Gasteiger charge is -2.41. The molecule has 5 amide bonds. The van der Waals surface area contributed by atoms with Crippen LogP contribution in [0.15, 0.2) is 30.3 Å². The molecule has 346 valence electrons. The number of likely N-dealkylation sites (N-methyl/N-ethyl adjacent to an activating group) is 3. The van der Waals surface area contributed by atoms with E-state index in [9.17, 15) is 33.9 Å². The van der Waals surface area contributed by atoms with E-state index in [1.54, 1.807) is 50.0 Å². The topological polar surface area (TPSA) is 187 Å². The first kappa shape index (κ1) is 53.1. The van der Waals surface area contributed by atoms with Crippen LogP contribution in [0.25, 0.3) is 0 Å². The van der Waals surface area contributed by atoms with Gasteiger partial charge in [-0.3, -0.25) is 24.0 Å². The van der Waals surface area contributed by atoms with Crippen LogP contribution >= 0.6 is 0 Å². The number of carbonyl (C=O) groups excluding carboxylic acids is 5. The van der Waals surface area contributed by atoms with Gasteiger partial charge in [0.1, 0.15) is 18.1 Å². The van der Waals surface area contributed by atoms with E-state index in [1.807, 2.05) is 73.6 Å². The van der Waals surface area contributed by atoms with Gasteiger partial charge < -0.3 is 45.2 Å². The number of ether oxygens (including phenoxy) is 2. The first-order valence-electron chi connectivity index (χ1n) is 22.1. The highest BCUT2D eigenvalue weighted by atomic mass is 16.5. The first-order valence-corrected chi connectivity index (χ1v) is 22.1. The number of aliphatic carboxylic acids is 1. The Hall–Kier alpha value is -4.08. The second-order valence-corrected chi connectivity index (χ2v) is 18.0. The molecule has 10 atom stereocenters. The summed E-state index contributed by atoms with van der Waals surface area (Å²) in [5.74, 6) is -3.98. The average Bonchev–Trinajstić information content (AvgIpc) is 3.70. The standard InChI is InChI=1S/C46H78N6O9/c1-15-30(8)40(51(12)45(57)38(28(4)5)49-43(55)39(29(6)7)50(11)44(56)33(47-10)24-27(2)3)36(60-13)26-37(53)52-23-19-22-35(52)41(61-14)31(9)42(54)48-34(46(58)59)25-32-20-17-16-18-21-32/h16-18,20-21,27-31,33-36,38-41,47H,15,19,22-26H2,1-14H3,(H,48,54)(H,49,55)(H,58,59)/t30-,31+,33-,34-,35-,36+,38-,39-,40-,41+/m0/s1. The molecular weight excluding hydrogens is 781 g/mol. The minimum absolute atomic E-state index is 0.0567. The van der Waals surface area contributed by atoms with Crippen molar-refractivity contribution in [1.29, 1.82) is 0 Å². The molecule has 1 aromatic carbocycles. The second-order valence-electron chi connectivity index (χ2n) is 18.0. The molecule has 1 aliphatic rings. The van der Waals surface area contributed by atoms with Gasteiger partial charge in [0.25, 0.3) is 0 Å². The number of hydrogen-bond donors (Lipinski definition) is 4. The quantitative estimate of drug-likeness (QED) is 0.112. The molecule has 1 heterocycles. The number of carbonyl (C=O) groups is 6. The van der Waals surface area contributed by atoms with Gasteiger partial charge in [0.05, 0.1) is 42.7 Å². The molecule has 1 aliphatic heterocycles. The van der Waals surface area contributed by atoms with E-state index >= 15 is 0 Å². The van der Waals surface area contributed by atoms with Crippen molar-refractivity contribution in [3.63, 3.8) is 0 Å². The SMILES string of the molecule is CC[C@H](C)[C@@H]([C@@H](CC(=O)N1CCC[C@H]1[C@H](OC)[C@@H](C)C(=O)N[C@@H](Cc1ccccc1)C(=O)O)OC)N(C)C(=O)[C@@H](NC(=O)[C@H](C(C)C)N(C)C(=O)[C@H](CC(C)C)NC)C(C)C. The van der Waals surface area contributed by atoms with Crippen LogP contribution in [0.1, 0.15) is 100.0 Å². The number of benzene rings is 1. The third-order valence-electron chi connectivity index (χ3n) is 12.4. The molecule has 4 N–H and O–H groups in total. The van der Waals surface area contributed by atoms with Crippen molar-refractivity contribution in [3.05, 3.63) is 35.9 Å². The first-order chi connectivity index (χ1) is 28.7. The third kappa shape index (κ3) is 14.5. The van der Waals surface area contributed by atoms with Crippen molar-refractivity contribution >= 4 is 35.5 Å². The van der Waals surface area contributed by atoms with Gasteiger partial charge in [-0.15, -0.1) is 0 Å². The lowest BCUT2D eigenvalue weighted by atomic mass is 9.89. The fourth-order valence-corrected chi connectivity index (χ4v) is 8.75. The minimum atomic E-state index is -1.15. The molecule has 0 aromatic heterocycles. The van der Waals surface area contributed by atoms with Crippen molar-refractivity contribution in [3.8, 4) is 0 Å². The Morgan fingerprint density at radius 3 is 1.95 bits per heavy atom. The van der Waals surface area contributed by atoms with Gasteiger partial charge in [0.15, 0.2) is 0 Å². The summed E-state index contributed by atoms with van der Waals surface area (Å²) in [6.45, 7) is 17.7. The Balaban J connectivity index is 2.31. The van der Waals surface area contributed by atoms with Crippen LogP contribution in [0.3, 0.4) is 0 Å². The van der Waals surface area contributed by atoms with E-state index in [2.05, 4.69) is 16.0 Å². The Bertz CT molecular complexity index is 1580. The molecule has 0 unspecified atom stereocenters. The van der Waals surface area contributed by atoms with E-state index in [-0.39, 0.29) is 54.2 Å². The maximum absolute atomic E-state index is 14.5. The normalized spacial score (nSPS) is 18.7. The van der Waals surface area contributed by atoms with E-state index in [1.165, 1.54) is 19.1 Å². The highest BCUT2D eigenvalue weighted by molar-refractivity contribution is 5.93. The summed E-state index contributed by atoms with van der Waals surface area (Å²) in [6.07, 6.45) is 1.17. The van der Waals surface area contributed by atoms with Gasteiger partial charge in [-0.1, -0.05) is 99.1 Å². The second kappa shape index (κ2) is 25.1. The summed E-state index contributed by atoms with van der Waals surface area (Å²) >= 11 is 0. The average molecular weight is 859 g/mol. The number of likely N-dealkylation sites (tertiary alicyclic amines) is 1. The monoisotopic (exact) mass is 859 g/mol. The molecule has 15 heteroatoms. The number of amides is 5. The molecule has 0 bridgehead atoms. The fraction of sp³-hybridized carbons (Fsp3) is 0.739. The molecule has 0 saturated carbocycles. The van der Waals surface area contributed by atoms with Gasteiger partial charge in [-0.25, -0.2) is 4.79 Å². The smallest absolute Gasteiger partial charge is 0.326 e. The summed E-state index contributed by atoms with van der Waals surface area (Å²) in [6, 6.07) is 4.71. The molecule has 1 fully saturated rings. The summed E-state index contributed by atoms with van der Waals surface area (Å²) in [5.41, 5.74) is 0.773. The highest BCUT2D eigenvalue weighted by Crippen LogP contribution is 2.30. The molecule has 0 aliphatic carbocycles. The molecule has 0 spiro atoms. The zero-order valence-corrected chi connectivity index (χ0v) is 39.4. The van der Waals surface area contributed by atoms with Gasteiger partial charge >= 0.3 is 5.97 Å². The summed E-state index contributed by atoms with van der Waals surface area (Å²) in [5, 5.41) is 18.7. The maximum atomic E-state index is 14.5. The number of carboxylic acid groups (broad SMARTS) is 1. The van der Waals surface area contributed by atoms with Crippen LogP contribution in [0.5, 0.6) is 0 Å². The zero-order chi connectivity index (χ0) is 46.3. The minimum Gasteiger partial charge on any atom is -0.480 e. The van der Waals surface area contributed by atoms with E-state index in [0.29, 0.717) is 32.2 Å². The van der Waals surface area contributed by atoms with Crippen LogP contribution < -0.4 is 16.0 Å². The molecule has 1 saturated heterocycles. The fourth-order valence-electron chi connectivity index (χ4n) is 8.75. The van der Waals surface area contributed by atoms with Crippen molar-refractivity contribution in [1.82, 2.24) is 30.7 Å². The predicted molar refractivity (Wildman–Crippen MR) is 236 cm³/mol. The summed E-state index contributed by atoms with van der Waals surface area (Å²) in [4.78, 5) is 87.0. The van der Waals surface area contributed by atoms with Crippen LogP contribution in [0.2, 0.25) is 0 Å². The molecule has 2 rings (SSSR count). The Morgan fingerprint density at radius 1 is 0.836 bits per heavy atom. The molecule has 0 radical (unpaired) electrons. The number of rotatable bonds is 25. The molecule has 1 aromatic rings. The van der Waals surface area contributed by atoms with Crippen molar-refractivity contribution < 1.29 is 43.3 Å². The Labute approximate surface area is 365 Å². The Kier molecular flexibility index (Phi) is 21.9. The summed E-state index contributed by atoms with van der Waals surface area (Å²) < 4.78 is 11.9. The van der Waals surface area contributed by atoms with Crippen molar-refractivity contribution in [2.45, 2.75) is 149 Å². The van der Waals surface area contributed by atoms with Gasteiger partial charge in [0, 0.05) is 41.3 Å². The molecule has 15 nitrogen and oxygen atoms in total. The highest BCUT2D eigenvalue weighted by Gasteiger charge is 2.44. The number of nitrogens with zero attached hydrogens (tertiary/aromatic N) is 3. The lowest BCUT2D eigenvalue weighted by Crippen LogP contribution is -2.61. The maximum Gasteiger partial charge on any atom is 0.326 e. The van der Waals surface area contributed by atoms with Gasteiger partial charge in [-0.2, -0.15) is 0 Å². The third-order valence-corrected chi connectivity index (χ3v) is 12.4. The van der Waals surface area contributed by atoms with Crippen molar-refractivity contribution in [2.24, 2.45) is 29.6 Å². The van der Waals surface area contributed by atoms with Gasteiger partial charge in [0.2, 0.25) is 29.5 Å². The summed E-state index contributed by atoms with van der Waals surface area (Å²) in [7, 11) is 8.05. The zero-order valence-electron chi connectivity index (χ0n) is 39.4. The van der Waals surface area contributed by atoms with Crippen LogP contribution in [0.4, 0.5) is 0 Å². The number of carboxylic acids is 1. The largest absolute Gasteiger partial charge is 0.480 e. The van der Waals surface area contributed by atoms with Crippen LogP contribution in [0, 0.1) is 29.6 Å². The lowest BCUT2D eigenvalue weighted by molar-refractivity contribution is -0.149. The molecule has 61 heavy (non-hydrogen) atoms. The predicted octanol–water partition coefficient (Wildman–Crippen LogP) is 3.98. The van der Waals surface area contributed by atoms with Crippen LogP contribution in [-0.2, 0) is 44.7 Å². The van der Waals surface area contributed by atoms with E-state index in [0.717, 1.165) is 5.56 Å². The van der Waals surface area contributed by atoms with Crippen molar-refractivity contribution in [2.75, 3.05) is 41.9 Å². The molecular formula is C46H78N6O9. The van der Waals surface area contributed by atoms with E-state index in [4.69, 9.17) is 9.47 Å². The number of hydrogen-bond acceptors (Lipinski definition) is 9. The number of methoxy groups -OCH3 is 2. The Morgan fingerprint density at radius 2 is 1.46 bits per heavy atom. The van der Waals surface area contributed by atoms with Crippen LogP contribution in [-0.4, -0.2) is 146 Å².